The van der Waals surface area contributed by atoms with Crippen LogP contribution in [0.4, 0.5) is 5.95 Å². The molecule has 4 rings (SSSR count). The van der Waals surface area contributed by atoms with Gasteiger partial charge >= 0.3 is 0 Å². The molecule has 0 aliphatic carbocycles. The van der Waals surface area contributed by atoms with Crippen LogP contribution in [-0.4, -0.2) is 53.1 Å². The van der Waals surface area contributed by atoms with Crippen molar-refractivity contribution in [3.05, 3.63) is 89.6 Å². The molecule has 8 nitrogen and oxygen atoms in total. The topological polar surface area (TPSA) is 85.7 Å². The third-order valence-electron chi connectivity index (χ3n) is 6.17. The van der Waals surface area contributed by atoms with Gasteiger partial charge in [-0.05, 0) is 43.7 Å². The summed E-state index contributed by atoms with van der Waals surface area (Å²) in [4.78, 5) is 32.6. The van der Waals surface area contributed by atoms with Crippen molar-refractivity contribution >= 4 is 29.4 Å². The van der Waals surface area contributed by atoms with E-state index in [1.807, 2.05) is 62.5 Å². The number of hydrogen-bond donors (Lipinski definition) is 1. The molecular weight excluding hydrogens is 516 g/mol. The van der Waals surface area contributed by atoms with E-state index in [4.69, 9.17) is 26.1 Å². The highest BCUT2D eigenvalue weighted by atomic mass is 35.5. The average molecular weight is 547 g/mol. The molecule has 0 bridgehead atoms. The number of imidazole rings is 1. The van der Waals surface area contributed by atoms with E-state index >= 15 is 0 Å². The lowest BCUT2D eigenvalue weighted by atomic mass is 10.1. The molecule has 2 amide bonds. The van der Waals surface area contributed by atoms with E-state index in [0.717, 1.165) is 16.8 Å². The number of methoxy groups -OCH3 is 2. The quantitative estimate of drug-likeness (QED) is 0.279. The number of anilines is 1. The van der Waals surface area contributed by atoms with Gasteiger partial charge in [0.15, 0.2) is 11.5 Å². The normalized spacial score (nSPS) is 10.8. The smallest absolute Gasteiger partial charge is 0.246 e. The minimum absolute atomic E-state index is 0.128. The fourth-order valence-electron chi connectivity index (χ4n) is 4.19. The molecule has 1 heterocycles. The van der Waals surface area contributed by atoms with Crippen molar-refractivity contribution in [2.45, 2.75) is 26.3 Å². The van der Waals surface area contributed by atoms with E-state index in [1.165, 1.54) is 4.90 Å². The van der Waals surface area contributed by atoms with Crippen LogP contribution in [0.1, 0.15) is 19.4 Å². The molecule has 0 spiro atoms. The summed E-state index contributed by atoms with van der Waals surface area (Å²) in [7, 11) is 3.14. The van der Waals surface area contributed by atoms with Crippen LogP contribution in [0, 0.1) is 0 Å². The summed E-state index contributed by atoms with van der Waals surface area (Å²) in [6.45, 7) is 3.62. The molecule has 39 heavy (non-hydrogen) atoms. The first kappa shape index (κ1) is 27.7. The van der Waals surface area contributed by atoms with Crippen molar-refractivity contribution in [3.63, 3.8) is 0 Å². The van der Waals surface area contributed by atoms with Crippen LogP contribution in [-0.2, 0) is 16.0 Å². The summed E-state index contributed by atoms with van der Waals surface area (Å²) in [6, 6.07) is 22.1. The summed E-state index contributed by atoms with van der Waals surface area (Å²) in [5.41, 5.74) is 3.08. The predicted octanol–water partition coefficient (Wildman–Crippen LogP) is 5.63. The van der Waals surface area contributed by atoms with Crippen LogP contribution in [0.3, 0.4) is 0 Å². The molecule has 9 heteroatoms. The second-order valence-corrected chi connectivity index (χ2v) is 9.63. The van der Waals surface area contributed by atoms with E-state index in [9.17, 15) is 9.59 Å². The molecule has 1 N–H and O–H groups in total. The largest absolute Gasteiger partial charge is 0.493 e. The molecule has 202 valence electrons. The molecule has 0 aliphatic rings. The first-order chi connectivity index (χ1) is 18.8. The second-order valence-electron chi connectivity index (χ2n) is 9.20. The van der Waals surface area contributed by atoms with Gasteiger partial charge in [0.1, 0.15) is 6.54 Å². The first-order valence-corrected chi connectivity index (χ1v) is 12.9. The fourth-order valence-corrected chi connectivity index (χ4v) is 4.40. The van der Waals surface area contributed by atoms with Crippen molar-refractivity contribution in [1.29, 1.82) is 0 Å². The standard InChI is InChI=1S/C30H31ClN4O4/c1-20(2)34(29(37)16-21-9-8-12-23(31)15-21)19-28(36)33-30-32-25(22-10-6-5-7-11-22)18-35(30)24-13-14-26(38-3)27(17-24)39-4/h5-15,17-18,20H,16,19H2,1-4H3,(H,32,33,36). The zero-order valence-electron chi connectivity index (χ0n) is 22.3. The summed E-state index contributed by atoms with van der Waals surface area (Å²) in [5, 5.41) is 3.46. The molecular formula is C30H31ClN4O4. The molecule has 0 aliphatic heterocycles. The lowest BCUT2D eigenvalue weighted by Gasteiger charge is -2.26. The van der Waals surface area contributed by atoms with Gasteiger partial charge in [-0.3, -0.25) is 19.5 Å². The van der Waals surface area contributed by atoms with Crippen molar-refractivity contribution in [1.82, 2.24) is 14.5 Å². The van der Waals surface area contributed by atoms with Gasteiger partial charge in [0.25, 0.3) is 0 Å². The highest BCUT2D eigenvalue weighted by Gasteiger charge is 2.22. The number of halogens is 1. The van der Waals surface area contributed by atoms with Crippen LogP contribution in [0.15, 0.2) is 79.0 Å². The van der Waals surface area contributed by atoms with Crippen LogP contribution < -0.4 is 14.8 Å². The minimum atomic E-state index is -0.366. The number of carbonyl (C=O) groups is 2. The molecule has 0 atom stereocenters. The summed E-state index contributed by atoms with van der Waals surface area (Å²) in [5.74, 6) is 0.906. The Bertz CT molecular complexity index is 1450. The van der Waals surface area contributed by atoms with Gasteiger partial charge in [-0.1, -0.05) is 54.1 Å². The molecule has 1 aromatic heterocycles. The number of amides is 2. The molecule has 4 aromatic rings. The Balaban J connectivity index is 1.61. The third-order valence-corrected chi connectivity index (χ3v) is 6.41. The van der Waals surface area contributed by atoms with E-state index in [2.05, 4.69) is 5.32 Å². The molecule has 0 unspecified atom stereocenters. The molecule has 3 aromatic carbocycles. The highest BCUT2D eigenvalue weighted by Crippen LogP contribution is 2.31. The number of aromatic nitrogens is 2. The van der Waals surface area contributed by atoms with Crippen LogP contribution in [0.5, 0.6) is 11.5 Å². The summed E-state index contributed by atoms with van der Waals surface area (Å²) < 4.78 is 12.6. The SMILES string of the molecule is COc1ccc(-n2cc(-c3ccccc3)nc2NC(=O)CN(C(=O)Cc2cccc(Cl)c2)C(C)C)cc1OC. The van der Waals surface area contributed by atoms with E-state index < -0.39 is 0 Å². The van der Waals surface area contributed by atoms with Gasteiger partial charge in [-0.2, -0.15) is 0 Å². The van der Waals surface area contributed by atoms with Gasteiger partial charge < -0.3 is 14.4 Å². The molecule has 0 radical (unpaired) electrons. The maximum atomic E-state index is 13.3. The number of rotatable bonds is 10. The maximum Gasteiger partial charge on any atom is 0.246 e. The number of nitrogens with zero attached hydrogens (tertiary/aromatic N) is 3. The first-order valence-electron chi connectivity index (χ1n) is 12.5. The number of ether oxygens (including phenoxy) is 2. The zero-order valence-corrected chi connectivity index (χ0v) is 23.1. The van der Waals surface area contributed by atoms with Gasteiger partial charge in [0.2, 0.25) is 17.8 Å². The average Bonchev–Trinajstić information content (AvgIpc) is 3.35. The Morgan fingerprint density at radius 1 is 0.974 bits per heavy atom. The van der Waals surface area contributed by atoms with Crippen LogP contribution in [0.25, 0.3) is 16.9 Å². The monoisotopic (exact) mass is 546 g/mol. The minimum Gasteiger partial charge on any atom is -0.493 e. The summed E-state index contributed by atoms with van der Waals surface area (Å²) >= 11 is 6.08. The van der Waals surface area contributed by atoms with Crippen molar-refractivity contribution in [2.75, 3.05) is 26.1 Å². The number of carbonyl (C=O) groups excluding carboxylic acids is 2. The molecule has 0 fully saturated rings. The zero-order chi connectivity index (χ0) is 27.9. The lowest BCUT2D eigenvalue weighted by Crippen LogP contribution is -2.43. The van der Waals surface area contributed by atoms with Gasteiger partial charge in [0.05, 0.1) is 32.0 Å². The van der Waals surface area contributed by atoms with Crippen LogP contribution >= 0.6 is 11.6 Å². The Kier molecular flexibility index (Phi) is 8.88. The molecule has 0 saturated heterocycles. The Morgan fingerprint density at radius 2 is 1.72 bits per heavy atom. The lowest BCUT2D eigenvalue weighted by molar-refractivity contribution is -0.135. The highest BCUT2D eigenvalue weighted by molar-refractivity contribution is 6.30. The number of hydrogen-bond acceptors (Lipinski definition) is 5. The maximum absolute atomic E-state index is 13.3. The Hall–Kier alpha value is -4.30. The van der Waals surface area contributed by atoms with E-state index in [1.54, 1.807) is 49.1 Å². The Labute approximate surface area is 233 Å². The fraction of sp³-hybridized carbons (Fsp3) is 0.233. The van der Waals surface area contributed by atoms with E-state index in [0.29, 0.717) is 28.2 Å². The predicted molar refractivity (Wildman–Crippen MR) is 153 cm³/mol. The molecule has 0 saturated carbocycles. The van der Waals surface area contributed by atoms with E-state index in [-0.39, 0.29) is 30.8 Å². The second kappa shape index (κ2) is 12.5. The number of nitrogens with one attached hydrogen (secondary N) is 1. The van der Waals surface area contributed by atoms with Gasteiger partial charge in [-0.25, -0.2) is 4.98 Å². The number of benzene rings is 3. The van der Waals surface area contributed by atoms with Gasteiger partial charge in [-0.15, -0.1) is 0 Å². The van der Waals surface area contributed by atoms with Crippen molar-refractivity contribution in [2.24, 2.45) is 0 Å². The van der Waals surface area contributed by atoms with Gasteiger partial charge in [0, 0.05) is 28.9 Å². The summed E-state index contributed by atoms with van der Waals surface area (Å²) in [6.07, 6.45) is 1.99. The van der Waals surface area contributed by atoms with Crippen molar-refractivity contribution < 1.29 is 19.1 Å². The van der Waals surface area contributed by atoms with Crippen LogP contribution in [0.2, 0.25) is 5.02 Å². The Morgan fingerprint density at radius 3 is 2.38 bits per heavy atom. The third kappa shape index (κ3) is 6.78. The van der Waals surface area contributed by atoms with Crippen molar-refractivity contribution in [3.8, 4) is 28.4 Å².